The first-order chi connectivity index (χ1) is 33.2. The van der Waals surface area contributed by atoms with Gasteiger partial charge in [-0.1, -0.05) is 206 Å². The van der Waals surface area contributed by atoms with Crippen molar-refractivity contribution in [3.8, 4) is 44.6 Å². The van der Waals surface area contributed by atoms with E-state index >= 15 is 0 Å². The summed E-state index contributed by atoms with van der Waals surface area (Å²) in [5, 5.41) is 11.5. The van der Waals surface area contributed by atoms with Gasteiger partial charge in [-0.3, -0.25) is 0 Å². The molecule has 0 fully saturated rings. The number of para-hydroxylation sites is 2. The summed E-state index contributed by atoms with van der Waals surface area (Å²) in [6.07, 6.45) is -0.345. The number of fused-ring (bicyclic) bond motifs is 7. The summed E-state index contributed by atoms with van der Waals surface area (Å²) in [7, 11) is 0. The van der Waals surface area contributed by atoms with Crippen LogP contribution in [0.5, 0.6) is 0 Å². The van der Waals surface area contributed by atoms with E-state index in [1.165, 1.54) is 5.56 Å². The number of hydrogen-bond donors (Lipinski definition) is 1. The Hall–Kier alpha value is -8.93. The molecule has 67 heavy (non-hydrogen) atoms. The molecule has 0 spiro atoms. The average Bonchev–Trinajstić information content (AvgIpc) is 3.78. The number of aliphatic imine (C=N–C) groups is 2. The van der Waals surface area contributed by atoms with Crippen molar-refractivity contribution in [2.24, 2.45) is 9.98 Å². The quantitative estimate of drug-likeness (QED) is 0.162. The van der Waals surface area contributed by atoms with E-state index in [-0.39, 0.29) is 6.17 Å². The van der Waals surface area contributed by atoms with Crippen LogP contribution in [0.3, 0.4) is 0 Å². The summed E-state index contributed by atoms with van der Waals surface area (Å²) in [5.74, 6) is 1.48. The standard InChI is InChI=1S/C62H40N4O/c1-4-17-39(18-5-1)44-23-16-24-45(37-44)61-64-60(43-21-8-3-9-22-43)65-62(66-61)49-36-35-46(47-25-10-11-26-48(47)49)40-31-33-41(34-32-40)56-57-50-27-12-14-29-53(50)63-59(42-19-6-2-7-20-42)52(57)38-55-58(56)51-28-13-15-30-54(51)67-55/h1-38,61H,(H,64,65,66). The Bertz CT molecular complexity index is 3930. The minimum absolute atomic E-state index is 0.345. The summed E-state index contributed by atoms with van der Waals surface area (Å²) >= 11 is 0. The Kier molecular flexibility index (Phi) is 9.17. The first-order valence-electron chi connectivity index (χ1n) is 22.7. The van der Waals surface area contributed by atoms with Gasteiger partial charge in [-0.25, -0.2) is 15.0 Å². The molecule has 314 valence electrons. The van der Waals surface area contributed by atoms with Crippen molar-refractivity contribution in [3.63, 3.8) is 0 Å². The number of rotatable bonds is 7. The lowest BCUT2D eigenvalue weighted by atomic mass is 9.88. The van der Waals surface area contributed by atoms with Crippen LogP contribution in [-0.4, -0.2) is 16.7 Å². The molecular weight excluding hydrogens is 817 g/mol. The van der Waals surface area contributed by atoms with Gasteiger partial charge in [0.1, 0.15) is 23.2 Å². The van der Waals surface area contributed by atoms with Gasteiger partial charge >= 0.3 is 0 Å². The minimum Gasteiger partial charge on any atom is -0.456 e. The second kappa shape index (κ2) is 15.9. The van der Waals surface area contributed by atoms with Crippen LogP contribution in [-0.2, 0) is 0 Å². The highest BCUT2D eigenvalue weighted by Crippen LogP contribution is 2.47. The summed E-state index contributed by atoms with van der Waals surface area (Å²) in [4.78, 5) is 15.7. The van der Waals surface area contributed by atoms with E-state index < -0.39 is 0 Å². The van der Waals surface area contributed by atoms with Crippen molar-refractivity contribution < 1.29 is 4.42 Å². The summed E-state index contributed by atoms with van der Waals surface area (Å²) in [5.41, 5.74) is 14.5. The van der Waals surface area contributed by atoms with E-state index in [0.29, 0.717) is 5.84 Å². The van der Waals surface area contributed by atoms with Crippen molar-refractivity contribution in [1.29, 1.82) is 0 Å². The number of hydrogen-bond acceptors (Lipinski definition) is 5. The third-order valence-corrected chi connectivity index (χ3v) is 13.1. The molecule has 0 bridgehead atoms. The second-order valence-electron chi connectivity index (χ2n) is 17.1. The monoisotopic (exact) mass is 856 g/mol. The number of nitrogens with one attached hydrogen (secondary N) is 1. The maximum absolute atomic E-state index is 6.67. The van der Waals surface area contributed by atoms with Crippen LogP contribution in [0.25, 0.3) is 99.0 Å². The highest BCUT2D eigenvalue weighted by Gasteiger charge is 2.25. The smallest absolute Gasteiger partial charge is 0.159 e. The zero-order valence-corrected chi connectivity index (χ0v) is 36.3. The molecule has 2 aromatic heterocycles. The lowest BCUT2D eigenvalue weighted by molar-refractivity contribution is 0.669. The molecule has 12 aromatic rings. The molecule has 5 nitrogen and oxygen atoms in total. The molecular formula is C62H40N4O. The number of pyridine rings is 1. The van der Waals surface area contributed by atoms with Crippen LogP contribution in [0.2, 0.25) is 0 Å². The number of furan rings is 1. The van der Waals surface area contributed by atoms with Gasteiger partial charge < -0.3 is 9.73 Å². The number of aromatic nitrogens is 1. The maximum atomic E-state index is 6.67. The Morgan fingerprint density at radius 2 is 0.985 bits per heavy atom. The lowest BCUT2D eigenvalue weighted by Gasteiger charge is -2.25. The Morgan fingerprint density at radius 3 is 1.75 bits per heavy atom. The number of benzene rings is 10. The molecule has 5 heteroatoms. The zero-order chi connectivity index (χ0) is 44.3. The van der Waals surface area contributed by atoms with E-state index in [1.807, 2.05) is 36.4 Å². The highest BCUT2D eigenvalue weighted by molar-refractivity contribution is 6.28. The first kappa shape index (κ1) is 38.5. The van der Waals surface area contributed by atoms with Crippen molar-refractivity contribution in [1.82, 2.24) is 10.3 Å². The molecule has 1 aliphatic rings. The molecule has 1 unspecified atom stereocenters. The van der Waals surface area contributed by atoms with E-state index in [9.17, 15) is 0 Å². The molecule has 10 aromatic carbocycles. The molecule has 0 aliphatic carbocycles. The van der Waals surface area contributed by atoms with E-state index in [0.717, 1.165) is 116 Å². The van der Waals surface area contributed by atoms with Gasteiger partial charge in [-0.2, -0.15) is 0 Å². The van der Waals surface area contributed by atoms with Gasteiger partial charge in [-0.05, 0) is 68.4 Å². The number of amidine groups is 2. The third-order valence-electron chi connectivity index (χ3n) is 13.1. The average molecular weight is 857 g/mol. The number of nitrogens with zero attached hydrogens (tertiary/aromatic N) is 3. The molecule has 1 N–H and O–H groups in total. The first-order valence-corrected chi connectivity index (χ1v) is 22.7. The van der Waals surface area contributed by atoms with E-state index in [4.69, 9.17) is 19.4 Å². The minimum atomic E-state index is -0.345. The predicted molar refractivity (Wildman–Crippen MR) is 278 cm³/mol. The summed E-state index contributed by atoms with van der Waals surface area (Å²) < 4.78 is 6.67. The molecule has 3 heterocycles. The van der Waals surface area contributed by atoms with Crippen LogP contribution in [0, 0.1) is 0 Å². The van der Waals surface area contributed by atoms with Crippen molar-refractivity contribution in [2.75, 3.05) is 0 Å². The molecule has 0 saturated carbocycles. The van der Waals surface area contributed by atoms with Gasteiger partial charge in [0.05, 0.1) is 11.2 Å². The van der Waals surface area contributed by atoms with Crippen LogP contribution >= 0.6 is 0 Å². The second-order valence-corrected chi connectivity index (χ2v) is 17.1. The topological polar surface area (TPSA) is 62.8 Å². The van der Waals surface area contributed by atoms with Crippen LogP contribution in [0.15, 0.2) is 245 Å². The Morgan fingerprint density at radius 1 is 0.388 bits per heavy atom. The largest absolute Gasteiger partial charge is 0.456 e. The van der Waals surface area contributed by atoms with Crippen LogP contribution < -0.4 is 5.32 Å². The van der Waals surface area contributed by atoms with Crippen LogP contribution in [0.4, 0.5) is 0 Å². The molecule has 0 saturated heterocycles. The maximum Gasteiger partial charge on any atom is 0.159 e. The van der Waals surface area contributed by atoms with Gasteiger partial charge in [0.2, 0.25) is 0 Å². The molecule has 1 aliphatic heterocycles. The van der Waals surface area contributed by atoms with Gasteiger partial charge in [0, 0.05) is 49.2 Å². The third kappa shape index (κ3) is 6.67. The van der Waals surface area contributed by atoms with Gasteiger partial charge in [0.25, 0.3) is 0 Å². The van der Waals surface area contributed by atoms with Crippen molar-refractivity contribution in [2.45, 2.75) is 6.17 Å². The molecule has 13 rings (SSSR count). The SMILES string of the molecule is c1ccc(C2=NC(c3cccc(-c4ccccc4)c3)NC(c3ccc(-c4ccc(-c5c6c(cc7c(-c8ccccc8)nc8ccccc8c57)oc5ccccc56)cc4)c4ccccc34)=N2)cc1. The fourth-order valence-corrected chi connectivity index (χ4v) is 9.99. The summed E-state index contributed by atoms with van der Waals surface area (Å²) in [6, 6.07) is 81.1. The van der Waals surface area contributed by atoms with E-state index in [1.54, 1.807) is 0 Å². The Labute approximate surface area is 387 Å². The van der Waals surface area contributed by atoms with Crippen molar-refractivity contribution >= 4 is 66.1 Å². The lowest BCUT2D eigenvalue weighted by Crippen LogP contribution is -2.33. The van der Waals surface area contributed by atoms with Gasteiger partial charge in [0.15, 0.2) is 5.84 Å². The zero-order valence-electron chi connectivity index (χ0n) is 36.3. The fraction of sp³-hybridized carbons (Fsp3) is 0.0161. The Balaban J connectivity index is 0.947. The van der Waals surface area contributed by atoms with E-state index in [2.05, 4.69) is 199 Å². The van der Waals surface area contributed by atoms with Crippen LogP contribution in [0.1, 0.15) is 22.9 Å². The normalized spacial score (nSPS) is 13.8. The summed E-state index contributed by atoms with van der Waals surface area (Å²) in [6.45, 7) is 0. The molecule has 1 atom stereocenters. The van der Waals surface area contributed by atoms with Gasteiger partial charge in [-0.15, -0.1) is 0 Å². The predicted octanol–water partition coefficient (Wildman–Crippen LogP) is 15.6. The fourth-order valence-electron chi connectivity index (χ4n) is 9.99. The highest BCUT2D eigenvalue weighted by atomic mass is 16.3. The molecule has 0 amide bonds. The van der Waals surface area contributed by atoms with Crippen molar-refractivity contribution in [3.05, 3.63) is 247 Å². The molecule has 0 radical (unpaired) electrons.